The van der Waals surface area contributed by atoms with Crippen LogP contribution in [-0.4, -0.2) is 91.4 Å². The lowest BCUT2D eigenvalue weighted by molar-refractivity contribution is 0.0504. The zero-order valence-electron chi connectivity index (χ0n) is 29.8. The highest BCUT2D eigenvalue weighted by atomic mass is 16.5. The van der Waals surface area contributed by atoms with E-state index < -0.39 is 11.9 Å². The molecule has 0 atom stereocenters. The Morgan fingerprint density at radius 3 is 1.72 bits per heavy atom. The van der Waals surface area contributed by atoms with Crippen LogP contribution in [0.15, 0.2) is 48.5 Å². The number of carbonyl (C=O) groups is 2. The predicted octanol–water partition coefficient (Wildman–Crippen LogP) is 4.29. The average Bonchev–Trinajstić information content (AvgIpc) is 3.82. The highest BCUT2D eigenvalue weighted by molar-refractivity contribution is 5.88. The molecular formula is C34H45N9O7. The first-order chi connectivity index (χ1) is 24.1. The summed E-state index contributed by atoms with van der Waals surface area (Å²) < 4.78 is 28.5. The van der Waals surface area contributed by atoms with E-state index in [9.17, 15) is 9.59 Å². The van der Waals surface area contributed by atoms with Crippen LogP contribution in [0.1, 0.15) is 75.7 Å². The van der Waals surface area contributed by atoms with Gasteiger partial charge in [-0.05, 0) is 76.9 Å². The van der Waals surface area contributed by atoms with Crippen molar-refractivity contribution in [3.05, 3.63) is 93.8 Å². The maximum atomic E-state index is 11.9. The van der Waals surface area contributed by atoms with Crippen LogP contribution >= 0.6 is 0 Å². The highest BCUT2D eigenvalue weighted by Crippen LogP contribution is 2.15. The second-order valence-corrected chi connectivity index (χ2v) is 10.5. The first-order valence-corrected chi connectivity index (χ1v) is 16.0. The van der Waals surface area contributed by atoms with Gasteiger partial charge in [-0.1, -0.05) is 34.7 Å². The lowest BCUT2D eigenvalue weighted by Gasteiger charge is -2.07. The summed E-state index contributed by atoms with van der Waals surface area (Å²) in [5.74, 6) is 0.750. The summed E-state index contributed by atoms with van der Waals surface area (Å²) in [6.07, 6.45) is 0. The topological polar surface area (TPSA) is 183 Å². The summed E-state index contributed by atoms with van der Waals surface area (Å²) in [5.41, 5.74) is 5.77. The molecule has 0 bridgehead atoms. The number of aromatic nitrogens is 9. The summed E-state index contributed by atoms with van der Waals surface area (Å²) >= 11 is 0. The van der Waals surface area contributed by atoms with Crippen molar-refractivity contribution >= 4 is 11.9 Å². The fourth-order valence-electron chi connectivity index (χ4n) is 4.31. The summed E-state index contributed by atoms with van der Waals surface area (Å²) in [7, 11) is 3.25. The van der Waals surface area contributed by atoms with E-state index in [1.807, 2.05) is 62.4 Å². The molecule has 5 rings (SSSR count). The normalized spacial score (nSPS) is 10.3. The monoisotopic (exact) mass is 691 g/mol. The number of nitrogens with zero attached hydrogens (tertiary/aromatic N) is 8. The number of ether oxygens (including phenoxy) is 5. The summed E-state index contributed by atoms with van der Waals surface area (Å²) in [4.78, 5) is 23.6. The first-order valence-electron chi connectivity index (χ1n) is 16.0. The van der Waals surface area contributed by atoms with Gasteiger partial charge in [-0.15, -0.1) is 10.2 Å². The van der Waals surface area contributed by atoms with Crippen molar-refractivity contribution in [2.45, 2.75) is 61.2 Å². The Bertz CT molecular complexity index is 1760. The molecule has 3 heterocycles. The number of nitrogens with one attached hydrogen (secondary N) is 1. The molecule has 0 radical (unpaired) electrons. The molecule has 16 heteroatoms. The Kier molecular flexibility index (Phi) is 15.5. The predicted molar refractivity (Wildman–Crippen MR) is 182 cm³/mol. The SMILES string of the molecule is CCOC(=O)c1c(C)nnn1Cc1ccc(OC)cc1.CCOC(=O)c1nnn(Cc2ccc(OC)cc2)c1C.CCOCc1n[nH]nc1C. The van der Waals surface area contributed by atoms with E-state index in [4.69, 9.17) is 23.7 Å². The number of methoxy groups -OCH3 is 2. The van der Waals surface area contributed by atoms with Gasteiger partial charge in [-0.2, -0.15) is 15.4 Å². The van der Waals surface area contributed by atoms with Gasteiger partial charge < -0.3 is 23.7 Å². The number of rotatable bonds is 13. The number of esters is 2. The molecule has 0 aliphatic carbocycles. The third-order valence-electron chi connectivity index (χ3n) is 7.07. The molecule has 16 nitrogen and oxygen atoms in total. The Morgan fingerprint density at radius 1 is 0.680 bits per heavy atom. The smallest absolute Gasteiger partial charge is 0.360 e. The van der Waals surface area contributed by atoms with E-state index in [1.54, 1.807) is 51.3 Å². The van der Waals surface area contributed by atoms with Crippen LogP contribution in [0.3, 0.4) is 0 Å². The quantitative estimate of drug-likeness (QED) is 0.173. The number of hydrogen-bond acceptors (Lipinski definition) is 13. The van der Waals surface area contributed by atoms with Gasteiger partial charge in [0.25, 0.3) is 0 Å². The molecule has 0 saturated heterocycles. The van der Waals surface area contributed by atoms with Crippen LogP contribution in [0.5, 0.6) is 11.5 Å². The van der Waals surface area contributed by atoms with E-state index in [1.165, 1.54) is 0 Å². The second kappa shape index (κ2) is 20.0. The van der Waals surface area contributed by atoms with Crippen LogP contribution in [-0.2, 0) is 33.9 Å². The molecule has 0 unspecified atom stereocenters. The summed E-state index contributed by atoms with van der Waals surface area (Å²) in [5, 5.41) is 26.1. The standard InChI is InChI=1S/2C14H17N3O3.C6H11N3O/c1-4-20-14(18)13-10(2)17(16-15-13)9-11-5-7-12(19-3)8-6-11;1-4-20-14(18)13-10(2)15-16-17(13)9-11-5-7-12(19-3)8-6-11;1-3-10-4-6-5(2)7-9-8-6/h2*5-8H,4,9H2,1-3H3;3-4H2,1-2H3,(H,7,8,9). The van der Waals surface area contributed by atoms with E-state index in [-0.39, 0.29) is 5.69 Å². The number of benzene rings is 2. The maximum absolute atomic E-state index is 11.9. The minimum absolute atomic E-state index is 0.264. The van der Waals surface area contributed by atoms with Crippen molar-refractivity contribution in [1.29, 1.82) is 0 Å². The van der Waals surface area contributed by atoms with Gasteiger partial charge in [-0.25, -0.2) is 19.0 Å². The molecule has 0 saturated carbocycles. The third-order valence-corrected chi connectivity index (χ3v) is 7.07. The zero-order valence-corrected chi connectivity index (χ0v) is 29.8. The van der Waals surface area contributed by atoms with Gasteiger partial charge >= 0.3 is 11.9 Å². The number of aryl methyl sites for hydroxylation is 2. The van der Waals surface area contributed by atoms with Gasteiger partial charge in [0.05, 0.1) is 64.2 Å². The fourth-order valence-corrected chi connectivity index (χ4v) is 4.31. The molecule has 1 N–H and O–H groups in total. The third kappa shape index (κ3) is 11.2. The molecule has 0 spiro atoms. The number of H-pyrrole nitrogens is 1. The van der Waals surface area contributed by atoms with Crippen LogP contribution in [0.4, 0.5) is 0 Å². The Morgan fingerprint density at radius 2 is 1.22 bits per heavy atom. The van der Waals surface area contributed by atoms with Gasteiger partial charge in [0.15, 0.2) is 11.4 Å². The van der Waals surface area contributed by atoms with Crippen LogP contribution in [0.25, 0.3) is 0 Å². The molecule has 268 valence electrons. The van der Waals surface area contributed by atoms with E-state index in [0.717, 1.165) is 34.0 Å². The largest absolute Gasteiger partial charge is 0.497 e. The van der Waals surface area contributed by atoms with Crippen LogP contribution in [0.2, 0.25) is 0 Å². The first kappa shape index (κ1) is 38.8. The molecule has 0 aliphatic heterocycles. The van der Waals surface area contributed by atoms with Crippen molar-refractivity contribution < 1.29 is 33.3 Å². The highest BCUT2D eigenvalue weighted by Gasteiger charge is 2.19. The van der Waals surface area contributed by atoms with Crippen molar-refractivity contribution in [2.24, 2.45) is 0 Å². The van der Waals surface area contributed by atoms with Crippen molar-refractivity contribution in [3.8, 4) is 11.5 Å². The van der Waals surface area contributed by atoms with Crippen LogP contribution < -0.4 is 9.47 Å². The minimum Gasteiger partial charge on any atom is -0.497 e. The molecule has 3 aromatic heterocycles. The minimum atomic E-state index is -0.439. The van der Waals surface area contributed by atoms with Gasteiger partial charge in [-0.3, -0.25) is 0 Å². The molecule has 2 aromatic carbocycles. The summed E-state index contributed by atoms with van der Waals surface area (Å²) in [6.45, 7) is 13.8. The Labute approximate surface area is 291 Å². The maximum Gasteiger partial charge on any atom is 0.360 e. The van der Waals surface area contributed by atoms with Gasteiger partial charge in [0.1, 0.15) is 17.2 Å². The number of hydrogen-bond donors (Lipinski definition) is 1. The van der Waals surface area contributed by atoms with Crippen molar-refractivity contribution in [3.63, 3.8) is 0 Å². The Hall–Kier alpha value is -5.64. The lowest BCUT2D eigenvalue weighted by atomic mass is 10.2. The van der Waals surface area contributed by atoms with Crippen molar-refractivity contribution in [1.82, 2.24) is 45.4 Å². The number of aromatic amines is 1. The molecule has 0 fully saturated rings. The van der Waals surface area contributed by atoms with Crippen LogP contribution in [0, 0.1) is 20.8 Å². The zero-order chi connectivity index (χ0) is 36.5. The van der Waals surface area contributed by atoms with E-state index in [0.29, 0.717) is 56.6 Å². The summed E-state index contributed by atoms with van der Waals surface area (Å²) in [6, 6.07) is 15.2. The fraction of sp³-hybridized carbons (Fsp3) is 0.412. The van der Waals surface area contributed by atoms with E-state index >= 15 is 0 Å². The molecule has 50 heavy (non-hydrogen) atoms. The van der Waals surface area contributed by atoms with Crippen molar-refractivity contribution in [2.75, 3.05) is 34.0 Å². The van der Waals surface area contributed by atoms with Gasteiger partial charge in [0, 0.05) is 6.61 Å². The van der Waals surface area contributed by atoms with Gasteiger partial charge in [0.2, 0.25) is 0 Å². The Balaban J connectivity index is 0.000000214. The molecule has 0 amide bonds. The second-order valence-electron chi connectivity index (χ2n) is 10.5. The molecule has 5 aromatic rings. The average molecular weight is 692 g/mol. The number of carbonyl (C=O) groups excluding carboxylic acids is 2. The molecular weight excluding hydrogens is 646 g/mol. The lowest BCUT2D eigenvalue weighted by Crippen LogP contribution is -2.15. The molecule has 0 aliphatic rings. The van der Waals surface area contributed by atoms with E-state index in [2.05, 4.69) is 36.0 Å².